The molecule has 2 aromatic heterocycles. The Labute approximate surface area is 212 Å². The van der Waals surface area contributed by atoms with Gasteiger partial charge in [0.25, 0.3) is 0 Å². The van der Waals surface area contributed by atoms with Gasteiger partial charge in [-0.25, -0.2) is 9.97 Å². The first-order chi connectivity index (χ1) is 17.6. The Bertz CT molecular complexity index is 1190. The summed E-state index contributed by atoms with van der Waals surface area (Å²) >= 11 is 0. The van der Waals surface area contributed by atoms with E-state index in [1.54, 1.807) is 6.07 Å². The first-order valence-electron chi connectivity index (χ1n) is 13.3. The van der Waals surface area contributed by atoms with E-state index >= 15 is 0 Å². The zero-order valence-electron chi connectivity index (χ0n) is 20.7. The van der Waals surface area contributed by atoms with Crippen molar-refractivity contribution >= 4 is 11.5 Å². The number of aromatic nitrogens is 4. The molecule has 3 aliphatic heterocycles. The lowest BCUT2D eigenvalue weighted by Crippen LogP contribution is -2.31. The Kier molecular flexibility index (Phi) is 6.44. The molecule has 4 aliphatic rings. The fourth-order valence-electron chi connectivity index (χ4n) is 6.48. The highest BCUT2D eigenvalue weighted by atomic mass is 16.3. The van der Waals surface area contributed by atoms with E-state index in [1.165, 1.54) is 37.7 Å². The highest BCUT2D eigenvalue weighted by Crippen LogP contribution is 2.42. The predicted molar refractivity (Wildman–Crippen MR) is 141 cm³/mol. The second-order valence-electron chi connectivity index (χ2n) is 10.8. The molecule has 188 valence electrons. The average Bonchev–Trinajstić information content (AvgIpc) is 3.22. The molecule has 7 rings (SSSR count). The van der Waals surface area contributed by atoms with Gasteiger partial charge in [0.1, 0.15) is 11.6 Å². The normalized spacial score (nSPS) is 24.6. The summed E-state index contributed by atoms with van der Waals surface area (Å²) in [6, 6.07) is 9.22. The van der Waals surface area contributed by atoms with Crippen LogP contribution in [0.15, 0.2) is 42.7 Å². The second kappa shape index (κ2) is 10.0. The maximum Gasteiger partial charge on any atom is 0.169 e. The van der Waals surface area contributed by atoms with Crippen LogP contribution in [-0.2, 0) is 6.42 Å². The first kappa shape index (κ1) is 23.2. The summed E-state index contributed by atoms with van der Waals surface area (Å²) in [6.45, 7) is 4.09. The lowest BCUT2D eigenvalue weighted by Gasteiger charge is -2.31. The molecule has 0 radical (unpaired) electrons. The predicted octanol–water partition coefficient (Wildman–Crippen LogP) is 3.78. The fraction of sp³-hybridized carbons (Fsp3) is 0.500. The third kappa shape index (κ3) is 4.74. The number of nitrogen functional groups attached to an aromatic ring is 1. The standard InChI is InChI=1S/C28H35N7O/c29-28-25(13-24(33-34-28)23-3-1-2-4-26(23)36)35-16-18-5-6-20(17-35)21(11-18)12-27-31-14-22(15-32-27)19-7-9-30-10-8-19/h1-4,13-15,18-21,30,36H,5-12,16-17H2,(H2,29,34). The van der Waals surface area contributed by atoms with Crippen molar-refractivity contribution in [3.63, 3.8) is 0 Å². The van der Waals surface area contributed by atoms with E-state index in [-0.39, 0.29) is 5.75 Å². The van der Waals surface area contributed by atoms with Crippen LogP contribution in [0.1, 0.15) is 49.4 Å². The van der Waals surface area contributed by atoms with Crippen LogP contribution in [-0.4, -0.2) is 51.5 Å². The van der Waals surface area contributed by atoms with Crippen LogP contribution in [0.4, 0.5) is 11.5 Å². The quantitative estimate of drug-likeness (QED) is 0.500. The van der Waals surface area contributed by atoms with Crippen molar-refractivity contribution in [2.24, 2.45) is 17.8 Å². The molecule has 3 aromatic rings. The van der Waals surface area contributed by atoms with Gasteiger partial charge >= 0.3 is 0 Å². The molecule has 36 heavy (non-hydrogen) atoms. The average molecular weight is 486 g/mol. The third-order valence-electron chi connectivity index (χ3n) is 8.48. The molecule has 8 heteroatoms. The molecule has 1 aliphatic carbocycles. The van der Waals surface area contributed by atoms with Gasteiger partial charge in [0.2, 0.25) is 0 Å². The smallest absolute Gasteiger partial charge is 0.169 e. The zero-order valence-corrected chi connectivity index (χ0v) is 20.7. The lowest BCUT2D eigenvalue weighted by atomic mass is 9.74. The van der Waals surface area contributed by atoms with Gasteiger partial charge in [0, 0.05) is 37.5 Å². The lowest BCUT2D eigenvalue weighted by molar-refractivity contribution is 0.213. The number of hydrogen-bond acceptors (Lipinski definition) is 8. The van der Waals surface area contributed by atoms with Crippen molar-refractivity contribution in [1.82, 2.24) is 25.5 Å². The summed E-state index contributed by atoms with van der Waals surface area (Å²) in [7, 11) is 0. The van der Waals surface area contributed by atoms with E-state index in [2.05, 4.69) is 32.8 Å². The molecular formula is C28H35N7O. The van der Waals surface area contributed by atoms with Gasteiger partial charge in [-0.3, -0.25) is 0 Å². The van der Waals surface area contributed by atoms with Crippen LogP contribution in [0.2, 0.25) is 0 Å². The van der Waals surface area contributed by atoms with Crippen LogP contribution in [0.5, 0.6) is 5.75 Å². The first-order valence-corrected chi connectivity index (χ1v) is 13.3. The molecule has 3 unspecified atom stereocenters. The summed E-state index contributed by atoms with van der Waals surface area (Å²) in [5, 5.41) is 22.3. The van der Waals surface area contributed by atoms with E-state index in [0.717, 1.165) is 44.1 Å². The fourth-order valence-corrected chi connectivity index (χ4v) is 6.48. The Morgan fingerprint density at radius 2 is 1.81 bits per heavy atom. The number of phenols is 1. The van der Waals surface area contributed by atoms with Crippen molar-refractivity contribution in [2.45, 2.75) is 44.4 Å². The van der Waals surface area contributed by atoms with Crippen molar-refractivity contribution in [3.05, 3.63) is 54.1 Å². The van der Waals surface area contributed by atoms with Gasteiger partial charge in [-0.1, -0.05) is 12.1 Å². The van der Waals surface area contributed by atoms with E-state index in [9.17, 15) is 5.11 Å². The number of anilines is 2. The Morgan fingerprint density at radius 3 is 2.61 bits per heavy atom. The molecular weight excluding hydrogens is 450 g/mol. The molecule has 4 N–H and O–H groups in total. The molecule has 3 saturated heterocycles. The maximum atomic E-state index is 10.3. The topological polar surface area (TPSA) is 113 Å². The van der Waals surface area contributed by atoms with Crippen LogP contribution in [0, 0.1) is 17.8 Å². The van der Waals surface area contributed by atoms with Gasteiger partial charge in [-0.05, 0) is 92.6 Å². The van der Waals surface area contributed by atoms with Gasteiger partial charge in [-0.15, -0.1) is 10.2 Å². The van der Waals surface area contributed by atoms with Crippen molar-refractivity contribution < 1.29 is 5.11 Å². The van der Waals surface area contributed by atoms with Crippen LogP contribution >= 0.6 is 0 Å². The minimum absolute atomic E-state index is 0.199. The molecule has 4 fully saturated rings. The molecule has 8 nitrogen and oxygen atoms in total. The summed E-state index contributed by atoms with van der Waals surface area (Å²) in [4.78, 5) is 12.0. The summed E-state index contributed by atoms with van der Waals surface area (Å²) < 4.78 is 0. The Morgan fingerprint density at radius 1 is 1.00 bits per heavy atom. The maximum absolute atomic E-state index is 10.3. The molecule has 1 saturated carbocycles. The molecule has 2 bridgehead atoms. The number of hydrogen-bond donors (Lipinski definition) is 3. The van der Waals surface area contributed by atoms with Crippen molar-refractivity contribution in [2.75, 3.05) is 36.8 Å². The number of piperidine rings is 1. The highest BCUT2D eigenvalue weighted by Gasteiger charge is 2.37. The van der Waals surface area contributed by atoms with Gasteiger partial charge in [0.05, 0.1) is 11.4 Å². The molecule has 1 aromatic carbocycles. The van der Waals surface area contributed by atoms with Crippen LogP contribution in [0.3, 0.4) is 0 Å². The van der Waals surface area contributed by atoms with Crippen LogP contribution < -0.4 is 16.0 Å². The zero-order chi connectivity index (χ0) is 24.5. The van der Waals surface area contributed by atoms with Crippen molar-refractivity contribution in [3.8, 4) is 17.0 Å². The van der Waals surface area contributed by atoms with E-state index < -0.39 is 0 Å². The number of benzene rings is 1. The minimum Gasteiger partial charge on any atom is -0.507 e. The summed E-state index contributed by atoms with van der Waals surface area (Å²) in [6.07, 6.45) is 11.1. The minimum atomic E-state index is 0.199. The number of nitrogens with two attached hydrogens (primary N) is 1. The Balaban J connectivity index is 1.18. The molecule has 0 amide bonds. The number of aromatic hydroxyl groups is 1. The number of nitrogens with zero attached hydrogens (tertiary/aromatic N) is 5. The number of phenolic OH excluding ortho intramolecular Hbond substituents is 1. The van der Waals surface area contributed by atoms with Crippen LogP contribution in [0.25, 0.3) is 11.3 Å². The largest absolute Gasteiger partial charge is 0.507 e. The third-order valence-corrected chi connectivity index (χ3v) is 8.48. The number of nitrogens with one attached hydrogen (secondary N) is 1. The van der Waals surface area contributed by atoms with Crippen molar-refractivity contribution in [1.29, 1.82) is 0 Å². The number of rotatable bonds is 5. The van der Waals surface area contributed by atoms with Gasteiger partial charge in [0.15, 0.2) is 5.82 Å². The van der Waals surface area contributed by atoms with E-state index in [1.807, 2.05) is 24.3 Å². The summed E-state index contributed by atoms with van der Waals surface area (Å²) in [5.41, 5.74) is 9.86. The van der Waals surface area contributed by atoms with E-state index in [0.29, 0.717) is 40.7 Å². The molecule has 0 spiro atoms. The number of para-hydroxylation sites is 1. The highest BCUT2D eigenvalue weighted by molar-refractivity contribution is 5.74. The van der Waals surface area contributed by atoms with E-state index in [4.69, 9.17) is 15.7 Å². The van der Waals surface area contributed by atoms with Gasteiger partial charge in [-0.2, -0.15) is 0 Å². The monoisotopic (exact) mass is 485 g/mol. The Hall–Kier alpha value is -3.26. The SMILES string of the molecule is Nc1nnc(-c2ccccc2O)cc1N1CC2CCC(C1)C(Cc1ncc(C3CCNCC3)cn1)C2. The number of fused-ring (bicyclic) bond motifs is 4. The second-order valence-corrected chi connectivity index (χ2v) is 10.8. The van der Waals surface area contributed by atoms with Gasteiger partial charge < -0.3 is 21.1 Å². The summed E-state index contributed by atoms with van der Waals surface area (Å²) in [5.74, 6) is 3.97. The molecule has 5 heterocycles. The molecule has 3 atom stereocenters.